The van der Waals surface area contributed by atoms with Crippen LogP contribution in [0.25, 0.3) is 0 Å². The van der Waals surface area contributed by atoms with Gasteiger partial charge in [-0.25, -0.2) is 0 Å². The number of hydrogen-bond donors (Lipinski definition) is 0. The van der Waals surface area contributed by atoms with Crippen molar-refractivity contribution >= 4 is 123 Å². The second kappa shape index (κ2) is 13.3. The van der Waals surface area contributed by atoms with Gasteiger partial charge in [0, 0.05) is 61.4 Å². The molecule has 0 unspecified atom stereocenters. The van der Waals surface area contributed by atoms with E-state index in [1.165, 1.54) is 72.2 Å². The second-order valence-electron chi connectivity index (χ2n) is 15.9. The van der Waals surface area contributed by atoms with Crippen LogP contribution in [-0.2, 0) is 0 Å². The Morgan fingerprint density at radius 1 is 0.283 bits per heavy atom. The smallest absolute Gasteiger partial charge is 0.313 e. The zero-order valence-electron chi connectivity index (χ0n) is 32.6. The first-order valence-corrected chi connectivity index (χ1v) is 24.2. The van der Waals surface area contributed by atoms with Gasteiger partial charge in [0.05, 0.1) is 5.69 Å². The molecule has 1 aromatic heterocycles. The maximum atomic E-state index is 6.16. The van der Waals surface area contributed by atoms with Gasteiger partial charge in [0.1, 0.15) is 5.82 Å². The first-order chi connectivity index (χ1) is 29.8. The number of rotatable bonds is 4. The minimum absolute atomic E-state index is 1.06. The van der Waals surface area contributed by atoms with Gasteiger partial charge in [-0.3, -0.25) is 9.88 Å². The van der Waals surface area contributed by atoms with Crippen LogP contribution in [0.5, 0.6) is 0 Å². The van der Waals surface area contributed by atoms with Gasteiger partial charge in [-0.15, -0.1) is 0 Å². The molecule has 7 heteroatoms. The first-order valence-electron chi connectivity index (χ1n) is 20.7. The number of nitrogens with zero attached hydrogens (tertiary/aromatic N) is 5. The highest BCUT2D eigenvalue weighted by Gasteiger charge is 2.50. The van der Waals surface area contributed by atoms with Gasteiger partial charge in [0.15, 0.2) is 0 Å². The van der Waals surface area contributed by atoms with Gasteiger partial charge in [-0.2, -0.15) is 0 Å². The molecule has 0 radical (unpaired) electrons. The van der Waals surface area contributed by atoms with Gasteiger partial charge >= 0.3 is 28.3 Å². The molecule has 0 aliphatic carbocycles. The van der Waals surface area contributed by atoms with Crippen molar-refractivity contribution in [2.75, 3.05) is 19.6 Å². The third-order valence-electron chi connectivity index (χ3n) is 12.8. The third kappa shape index (κ3) is 4.84. The third-order valence-corrected chi connectivity index (χ3v) is 19.3. The number of fused-ring (bicyclic) bond motifs is 8. The number of hydrogen-bond acceptors (Lipinski definition) is 5. The van der Waals surface area contributed by atoms with Gasteiger partial charge in [-0.05, 0) is 91.0 Å². The van der Waals surface area contributed by atoms with Crippen molar-refractivity contribution in [3.05, 3.63) is 212 Å². The van der Waals surface area contributed by atoms with E-state index in [-0.39, 0.29) is 0 Å². The Hall–Kier alpha value is -6.83. The number of benzene rings is 8. The largest absolute Gasteiger partial charge is 0.424 e. The van der Waals surface area contributed by atoms with Crippen LogP contribution in [0.1, 0.15) is 0 Å². The van der Waals surface area contributed by atoms with Crippen LogP contribution in [-0.4, -0.2) is 33.3 Å². The Bertz CT molecular complexity index is 2930. The molecular formula is C53H35Al2N5. The number of aromatic nitrogens is 1. The van der Waals surface area contributed by atoms with E-state index in [0.717, 1.165) is 22.9 Å². The molecule has 0 saturated heterocycles. The summed E-state index contributed by atoms with van der Waals surface area (Å²) in [6, 6.07) is 78.2. The van der Waals surface area contributed by atoms with E-state index in [1.54, 1.807) is 0 Å². The van der Waals surface area contributed by atoms with Crippen LogP contribution < -0.4 is 46.3 Å². The number of pyridine rings is 1. The molecule has 9 aromatic rings. The number of anilines is 12. The van der Waals surface area contributed by atoms with E-state index in [2.05, 4.69) is 232 Å². The van der Waals surface area contributed by atoms with Crippen LogP contribution in [0, 0.1) is 0 Å². The van der Waals surface area contributed by atoms with Crippen molar-refractivity contribution in [1.82, 2.24) is 4.98 Å². The van der Waals surface area contributed by atoms with Crippen LogP contribution in [0.3, 0.4) is 0 Å². The summed E-state index contributed by atoms with van der Waals surface area (Å²) in [5.74, 6) is 1.06. The van der Waals surface area contributed by atoms with E-state index in [1.807, 2.05) is 0 Å². The predicted molar refractivity (Wildman–Crippen MR) is 252 cm³/mol. The highest BCUT2D eigenvalue weighted by atomic mass is 27.2. The summed E-state index contributed by atoms with van der Waals surface area (Å²) in [5, 5.41) is 0. The summed E-state index contributed by atoms with van der Waals surface area (Å²) in [6.07, 6.45) is 0. The lowest BCUT2D eigenvalue weighted by Gasteiger charge is -2.46. The normalized spacial score (nSPS) is 13.8. The fourth-order valence-electron chi connectivity index (χ4n) is 10.5. The molecule has 4 aliphatic heterocycles. The van der Waals surface area contributed by atoms with E-state index in [9.17, 15) is 0 Å². The quantitative estimate of drug-likeness (QED) is 0.166. The van der Waals surface area contributed by atoms with Gasteiger partial charge in [0.2, 0.25) is 0 Å². The summed E-state index contributed by atoms with van der Waals surface area (Å²) >= 11 is -4.33. The molecule has 4 aliphatic rings. The van der Waals surface area contributed by atoms with Gasteiger partial charge in [-0.1, -0.05) is 143 Å². The zero-order chi connectivity index (χ0) is 39.3. The average molecular weight is 796 g/mol. The van der Waals surface area contributed by atoms with Crippen molar-refractivity contribution in [3.8, 4) is 0 Å². The lowest BCUT2D eigenvalue weighted by Crippen LogP contribution is -2.65. The van der Waals surface area contributed by atoms with E-state index >= 15 is 0 Å². The van der Waals surface area contributed by atoms with Crippen LogP contribution in [0.15, 0.2) is 212 Å². The first kappa shape index (κ1) is 34.1. The molecular weight excluding hydrogens is 761 g/mol. The van der Waals surface area contributed by atoms with Crippen molar-refractivity contribution in [3.63, 3.8) is 0 Å². The molecule has 0 bridgehead atoms. The molecule has 60 heavy (non-hydrogen) atoms. The SMILES string of the molecule is c1ccc(N2c3cccc[c]3[Al]3[c]4cc5[c](nc4N(c4ccccc4)c4cccc2[c]43)[Al]2[c]3ccccc3N(c3ccccc3)c3cccc([c]32)N5c2ccccc2)cc1. The van der Waals surface area contributed by atoms with Crippen LogP contribution in [0.2, 0.25) is 0 Å². The summed E-state index contributed by atoms with van der Waals surface area (Å²) in [5.41, 5.74) is 13.3. The van der Waals surface area contributed by atoms with E-state index in [0.29, 0.717) is 0 Å². The molecule has 0 amide bonds. The predicted octanol–water partition coefficient (Wildman–Crippen LogP) is 9.25. The van der Waals surface area contributed by atoms with Gasteiger partial charge in [0.25, 0.3) is 0 Å². The molecule has 0 spiro atoms. The molecule has 0 saturated carbocycles. The molecule has 0 fully saturated rings. The molecule has 0 N–H and O–H groups in total. The average Bonchev–Trinajstić information content (AvgIpc) is 3.32. The molecule has 5 nitrogen and oxygen atoms in total. The number of para-hydroxylation sites is 6. The lowest BCUT2D eigenvalue weighted by molar-refractivity contribution is 1.18. The van der Waals surface area contributed by atoms with Crippen molar-refractivity contribution in [2.24, 2.45) is 0 Å². The van der Waals surface area contributed by atoms with Gasteiger partial charge < -0.3 is 14.7 Å². The summed E-state index contributed by atoms with van der Waals surface area (Å²) in [7, 11) is 0. The van der Waals surface area contributed by atoms with Crippen molar-refractivity contribution in [2.45, 2.75) is 0 Å². The zero-order valence-corrected chi connectivity index (χ0v) is 34.9. The summed E-state index contributed by atoms with van der Waals surface area (Å²) in [6.45, 7) is 0. The summed E-state index contributed by atoms with van der Waals surface area (Å²) in [4.78, 5) is 16.1. The monoisotopic (exact) mass is 795 g/mol. The lowest BCUT2D eigenvalue weighted by atomic mass is 10.1. The standard InChI is InChI=1S/C53H35N5.2Al/c1-7-21-42(22-8-1)55(43-23-9-2-10-24-43)48-33-19-35-50(39-48)57(46-29-15-5-16-30-46)52-37-38-53(54-41-52)58(47-31-17-6-18-32-47)51-36-20-34-49(40-51)56(44-25-11-3-12-26-44)45-27-13-4-14-28-45;;/h1-23,25-27,29-37H;;. The Kier molecular flexibility index (Phi) is 7.58. The maximum absolute atomic E-state index is 6.16. The van der Waals surface area contributed by atoms with Crippen molar-refractivity contribution < 1.29 is 0 Å². The second-order valence-corrected chi connectivity index (χ2v) is 21.2. The summed E-state index contributed by atoms with van der Waals surface area (Å²) < 4.78 is 8.21. The topological polar surface area (TPSA) is 25.9 Å². The van der Waals surface area contributed by atoms with Crippen LogP contribution >= 0.6 is 0 Å². The highest BCUT2D eigenvalue weighted by molar-refractivity contribution is 7.02. The minimum Gasteiger partial charge on any atom is -0.313 e. The minimum atomic E-state index is -2.19. The fraction of sp³-hybridized carbons (Fsp3) is 0. The van der Waals surface area contributed by atoms with Crippen molar-refractivity contribution in [1.29, 1.82) is 0 Å². The van der Waals surface area contributed by atoms with E-state index < -0.39 is 28.3 Å². The fourth-order valence-corrected chi connectivity index (χ4v) is 17.6. The Morgan fingerprint density at radius 2 is 0.633 bits per heavy atom. The Balaban J connectivity index is 1.14. The molecule has 8 aromatic carbocycles. The maximum Gasteiger partial charge on any atom is 0.424 e. The molecule has 13 rings (SSSR count). The molecule has 278 valence electrons. The molecule has 5 heterocycles. The highest BCUT2D eigenvalue weighted by Crippen LogP contribution is 2.47. The Morgan fingerprint density at radius 3 is 1.12 bits per heavy atom. The van der Waals surface area contributed by atoms with Crippen LogP contribution in [0.4, 0.5) is 68.4 Å². The Labute approximate surface area is 358 Å². The van der Waals surface area contributed by atoms with E-state index in [4.69, 9.17) is 4.98 Å². The molecule has 0 atom stereocenters.